The van der Waals surface area contributed by atoms with Gasteiger partial charge in [0.25, 0.3) is 0 Å². The highest BCUT2D eigenvalue weighted by molar-refractivity contribution is 7.80. The summed E-state index contributed by atoms with van der Waals surface area (Å²) in [7, 11) is -4.51. The maximum atomic E-state index is 10.2. The second-order valence-corrected chi connectivity index (χ2v) is 3.83. The number of rotatable bonds is 5. The zero-order valence-corrected chi connectivity index (χ0v) is 8.52. The Morgan fingerprint density at radius 3 is 2.47 bits per heavy atom. The summed E-state index contributed by atoms with van der Waals surface area (Å²) in [5.41, 5.74) is 0.615. The Morgan fingerprint density at radius 2 is 1.93 bits per heavy atom. The van der Waals surface area contributed by atoms with Crippen molar-refractivity contribution in [1.29, 1.82) is 0 Å². The minimum absolute atomic E-state index is 0.562. The number of hydrogen-bond donors (Lipinski definition) is 3. The van der Waals surface area contributed by atoms with Gasteiger partial charge in [0.1, 0.15) is 12.8 Å². The summed E-state index contributed by atoms with van der Waals surface area (Å²) in [6.45, 7) is -0.562. The largest absolute Gasteiger partial charge is 0.397 e. The molecule has 0 fully saturated rings. The lowest BCUT2D eigenvalue weighted by Crippen LogP contribution is -2.26. The molecule has 0 amide bonds. The maximum absolute atomic E-state index is 10.2. The summed E-state index contributed by atoms with van der Waals surface area (Å²) < 4.78 is 32.6. The maximum Gasteiger partial charge on any atom is 0.397 e. The molecule has 1 rings (SSSR count). The lowest BCUT2D eigenvalue weighted by molar-refractivity contribution is 0.124. The minimum Gasteiger partial charge on any atom is -0.371 e. The van der Waals surface area contributed by atoms with Crippen molar-refractivity contribution >= 4 is 16.1 Å². The normalized spacial score (nSPS) is 13.5. The molecule has 7 heteroatoms. The molecule has 1 aromatic carbocycles. The van der Waals surface area contributed by atoms with Gasteiger partial charge >= 0.3 is 10.4 Å². The molecule has 0 heterocycles. The van der Waals surface area contributed by atoms with E-state index in [-0.39, 0.29) is 0 Å². The first-order valence-corrected chi connectivity index (χ1v) is 5.45. The Balaban J connectivity index is 2.40. The van der Waals surface area contributed by atoms with Crippen molar-refractivity contribution in [3.05, 3.63) is 30.3 Å². The third kappa shape index (κ3) is 5.33. The fourth-order valence-corrected chi connectivity index (χ4v) is 1.22. The summed E-state index contributed by atoms with van der Waals surface area (Å²) in [6.07, 6.45) is -1.21. The molecule has 0 saturated carbocycles. The van der Waals surface area contributed by atoms with Crippen LogP contribution in [0.3, 0.4) is 0 Å². The third-order valence-corrected chi connectivity index (χ3v) is 1.92. The molecule has 0 aromatic heterocycles. The Labute approximate surface area is 87.5 Å². The van der Waals surface area contributed by atoms with Crippen molar-refractivity contribution in [2.75, 3.05) is 11.9 Å². The molecule has 3 N–H and O–H groups in total. The summed E-state index contributed by atoms with van der Waals surface area (Å²) >= 11 is 0. The van der Waals surface area contributed by atoms with E-state index in [0.717, 1.165) is 0 Å². The molecular formula is C8H11NO5S. The van der Waals surface area contributed by atoms with Crippen LogP contribution in [0, 0.1) is 0 Å². The average molecular weight is 233 g/mol. The molecule has 84 valence electrons. The van der Waals surface area contributed by atoms with Gasteiger partial charge in [0.15, 0.2) is 0 Å². The van der Waals surface area contributed by atoms with E-state index in [9.17, 15) is 13.5 Å². The van der Waals surface area contributed by atoms with Gasteiger partial charge in [0.2, 0.25) is 0 Å². The molecule has 1 aromatic rings. The second-order valence-electron chi connectivity index (χ2n) is 2.74. The zero-order chi connectivity index (χ0) is 11.3. The van der Waals surface area contributed by atoms with Crippen molar-refractivity contribution in [2.45, 2.75) is 6.23 Å². The van der Waals surface area contributed by atoms with E-state index < -0.39 is 23.2 Å². The molecule has 0 aliphatic heterocycles. The molecule has 0 aliphatic rings. The zero-order valence-electron chi connectivity index (χ0n) is 7.70. The standard InChI is InChI=1S/C8H11NO5S/c10-8(6-14-15(11,12)13)9-7-4-2-1-3-5-7/h1-5,8-10H,6H2,(H,11,12,13). The van der Waals surface area contributed by atoms with Gasteiger partial charge in [0, 0.05) is 5.69 Å². The van der Waals surface area contributed by atoms with Gasteiger partial charge in [-0.2, -0.15) is 8.42 Å². The van der Waals surface area contributed by atoms with Crippen LogP contribution in [0.1, 0.15) is 0 Å². The lowest BCUT2D eigenvalue weighted by Gasteiger charge is -2.12. The third-order valence-electron chi connectivity index (χ3n) is 1.48. The van der Waals surface area contributed by atoms with E-state index in [2.05, 4.69) is 9.50 Å². The van der Waals surface area contributed by atoms with Crippen LogP contribution in [0.4, 0.5) is 5.69 Å². The van der Waals surface area contributed by atoms with Crippen LogP contribution >= 0.6 is 0 Å². The summed E-state index contributed by atoms with van der Waals surface area (Å²) in [5.74, 6) is 0. The molecule has 0 radical (unpaired) electrons. The summed E-state index contributed by atoms with van der Waals surface area (Å²) in [6, 6.07) is 8.68. The number of nitrogens with one attached hydrogen (secondary N) is 1. The van der Waals surface area contributed by atoms with E-state index in [1.54, 1.807) is 30.3 Å². The molecular weight excluding hydrogens is 222 g/mol. The SMILES string of the molecule is O=S(=O)(O)OCC(O)Nc1ccccc1. The number of anilines is 1. The van der Waals surface area contributed by atoms with Crippen molar-refractivity contribution in [3.63, 3.8) is 0 Å². The Bertz CT molecular complexity index is 391. The smallest absolute Gasteiger partial charge is 0.371 e. The number of hydrogen-bond acceptors (Lipinski definition) is 5. The van der Waals surface area contributed by atoms with Crippen LogP contribution in [-0.4, -0.2) is 30.9 Å². The molecule has 1 atom stereocenters. The fraction of sp³-hybridized carbons (Fsp3) is 0.250. The Morgan fingerprint density at radius 1 is 1.33 bits per heavy atom. The van der Waals surface area contributed by atoms with Gasteiger partial charge in [-0.05, 0) is 12.1 Å². The average Bonchev–Trinajstić information content (AvgIpc) is 2.15. The van der Waals surface area contributed by atoms with Gasteiger partial charge in [-0.3, -0.25) is 4.55 Å². The highest BCUT2D eigenvalue weighted by atomic mass is 32.3. The first kappa shape index (κ1) is 11.9. The highest BCUT2D eigenvalue weighted by Crippen LogP contribution is 2.06. The van der Waals surface area contributed by atoms with Crippen LogP contribution < -0.4 is 5.32 Å². The van der Waals surface area contributed by atoms with E-state index in [4.69, 9.17) is 4.55 Å². The molecule has 0 saturated heterocycles. The second kappa shape index (κ2) is 5.08. The van der Waals surface area contributed by atoms with E-state index >= 15 is 0 Å². The highest BCUT2D eigenvalue weighted by Gasteiger charge is 2.10. The summed E-state index contributed by atoms with van der Waals surface area (Å²) in [4.78, 5) is 0. The minimum atomic E-state index is -4.51. The van der Waals surface area contributed by atoms with Crippen molar-refractivity contribution < 1.29 is 22.3 Å². The lowest BCUT2D eigenvalue weighted by atomic mass is 10.3. The van der Waals surface area contributed by atoms with E-state index in [0.29, 0.717) is 5.69 Å². The number of para-hydroxylation sites is 1. The van der Waals surface area contributed by atoms with Gasteiger partial charge in [-0.15, -0.1) is 0 Å². The number of aliphatic hydroxyl groups is 1. The Hall–Kier alpha value is -1.15. The predicted molar refractivity (Wildman–Crippen MR) is 53.6 cm³/mol. The summed E-state index contributed by atoms with van der Waals surface area (Å²) in [5, 5.41) is 11.8. The molecule has 0 aliphatic carbocycles. The van der Waals surface area contributed by atoms with Crippen molar-refractivity contribution in [1.82, 2.24) is 0 Å². The topological polar surface area (TPSA) is 95.9 Å². The van der Waals surface area contributed by atoms with Crippen LogP contribution in [0.5, 0.6) is 0 Å². The van der Waals surface area contributed by atoms with E-state index in [1.165, 1.54) is 0 Å². The molecule has 0 spiro atoms. The van der Waals surface area contributed by atoms with Crippen LogP contribution in [0.15, 0.2) is 30.3 Å². The van der Waals surface area contributed by atoms with Crippen LogP contribution in [-0.2, 0) is 14.6 Å². The van der Waals surface area contributed by atoms with Crippen LogP contribution in [0.25, 0.3) is 0 Å². The number of benzene rings is 1. The molecule has 6 nitrogen and oxygen atoms in total. The van der Waals surface area contributed by atoms with Gasteiger partial charge in [-0.25, -0.2) is 4.18 Å². The van der Waals surface area contributed by atoms with Gasteiger partial charge < -0.3 is 10.4 Å². The predicted octanol–water partition coefficient (Wildman–Crippen LogP) is 0.236. The Kier molecular flexibility index (Phi) is 4.04. The van der Waals surface area contributed by atoms with Gasteiger partial charge in [-0.1, -0.05) is 18.2 Å². The number of aliphatic hydroxyl groups excluding tert-OH is 1. The molecule has 15 heavy (non-hydrogen) atoms. The molecule has 0 bridgehead atoms. The van der Waals surface area contributed by atoms with E-state index in [1.807, 2.05) is 0 Å². The quantitative estimate of drug-likeness (QED) is 0.498. The first-order chi connectivity index (χ1) is 6.97. The fourth-order valence-electron chi connectivity index (χ4n) is 0.919. The molecule has 1 unspecified atom stereocenters. The van der Waals surface area contributed by atoms with Gasteiger partial charge in [0.05, 0.1) is 0 Å². The van der Waals surface area contributed by atoms with Crippen molar-refractivity contribution in [3.8, 4) is 0 Å². The van der Waals surface area contributed by atoms with Crippen LogP contribution in [0.2, 0.25) is 0 Å². The van der Waals surface area contributed by atoms with Crippen molar-refractivity contribution in [2.24, 2.45) is 0 Å². The monoisotopic (exact) mass is 233 g/mol. The first-order valence-electron chi connectivity index (χ1n) is 4.09.